The zero-order valence-electron chi connectivity index (χ0n) is 28.3. The molecule has 0 spiro atoms. The first-order valence-electron chi connectivity index (χ1n) is 15.6. The minimum absolute atomic E-state index is 0.00247. The molecule has 0 saturated heterocycles. The van der Waals surface area contributed by atoms with Crippen LogP contribution < -0.4 is 0 Å². The average Bonchev–Trinajstić information content (AvgIpc) is 2.88. The SMILES string of the molecule is CC1=C(/C=C/C(C)=C/C=C/C(C)=C/C=C/C=C(C)/C=C/C=C(C)/C=C/C2=C(C)[C@H](O)[C@@H](O)CC2(C)C)C(C)(C)C[C@H](O)C1. The summed E-state index contributed by atoms with van der Waals surface area (Å²) >= 11 is 0. The van der Waals surface area contributed by atoms with Gasteiger partial charge in [0.2, 0.25) is 0 Å². The number of aliphatic hydroxyl groups excluding tert-OH is 3. The normalized spacial score (nSPS) is 26.5. The smallest absolute Gasteiger partial charge is 0.101 e. The number of hydrogen-bond acceptors (Lipinski definition) is 3. The van der Waals surface area contributed by atoms with Crippen LogP contribution >= 0.6 is 0 Å². The lowest BCUT2D eigenvalue weighted by Gasteiger charge is -2.38. The van der Waals surface area contributed by atoms with E-state index in [1.54, 1.807) is 0 Å². The maximum Gasteiger partial charge on any atom is 0.101 e. The molecule has 0 heterocycles. The highest BCUT2D eigenvalue weighted by atomic mass is 16.3. The Kier molecular flexibility index (Phi) is 13.6. The molecule has 3 atom stereocenters. The van der Waals surface area contributed by atoms with Crippen molar-refractivity contribution >= 4 is 0 Å². The molecular formula is C40H56O3. The van der Waals surface area contributed by atoms with Gasteiger partial charge in [-0.2, -0.15) is 0 Å². The van der Waals surface area contributed by atoms with Crippen molar-refractivity contribution in [2.75, 3.05) is 0 Å². The Morgan fingerprint density at radius 3 is 1.51 bits per heavy atom. The van der Waals surface area contributed by atoms with Crippen molar-refractivity contribution in [3.05, 3.63) is 130 Å². The van der Waals surface area contributed by atoms with Crippen LogP contribution in [0.1, 0.15) is 88.5 Å². The van der Waals surface area contributed by atoms with E-state index >= 15 is 0 Å². The Bertz CT molecular complexity index is 1330. The predicted octanol–water partition coefficient (Wildman–Crippen LogP) is 9.52. The van der Waals surface area contributed by atoms with Gasteiger partial charge in [0.1, 0.15) is 6.10 Å². The fraction of sp³-hybridized carbons (Fsp3) is 0.450. The quantitative estimate of drug-likeness (QED) is 0.224. The molecule has 2 aliphatic rings. The third kappa shape index (κ3) is 11.6. The molecule has 0 saturated carbocycles. The first-order valence-corrected chi connectivity index (χ1v) is 15.6. The summed E-state index contributed by atoms with van der Waals surface area (Å²) in [6.07, 6.45) is 29.8. The Labute approximate surface area is 262 Å². The van der Waals surface area contributed by atoms with E-state index in [9.17, 15) is 15.3 Å². The average molecular weight is 585 g/mol. The van der Waals surface area contributed by atoms with Crippen molar-refractivity contribution in [2.45, 2.75) is 107 Å². The van der Waals surface area contributed by atoms with E-state index < -0.39 is 12.2 Å². The van der Waals surface area contributed by atoms with E-state index in [0.29, 0.717) is 6.42 Å². The molecule has 0 aromatic carbocycles. The first-order chi connectivity index (χ1) is 20.0. The van der Waals surface area contributed by atoms with Crippen LogP contribution in [0.3, 0.4) is 0 Å². The second-order valence-corrected chi connectivity index (χ2v) is 13.7. The van der Waals surface area contributed by atoms with E-state index in [0.717, 1.165) is 35.1 Å². The van der Waals surface area contributed by atoms with Crippen LogP contribution in [0.5, 0.6) is 0 Å². The molecule has 0 aromatic heterocycles. The molecule has 0 amide bonds. The highest BCUT2D eigenvalue weighted by Crippen LogP contribution is 2.42. The monoisotopic (exact) mass is 584 g/mol. The zero-order valence-corrected chi connectivity index (χ0v) is 28.3. The number of rotatable bonds is 10. The molecule has 43 heavy (non-hydrogen) atoms. The molecule has 2 rings (SSSR count). The Morgan fingerprint density at radius 2 is 1.02 bits per heavy atom. The minimum atomic E-state index is -0.792. The zero-order chi connectivity index (χ0) is 32.4. The van der Waals surface area contributed by atoms with Gasteiger partial charge < -0.3 is 15.3 Å². The summed E-state index contributed by atoms with van der Waals surface area (Å²) in [5.41, 5.74) is 9.02. The second-order valence-electron chi connectivity index (χ2n) is 13.7. The van der Waals surface area contributed by atoms with Crippen molar-refractivity contribution in [1.29, 1.82) is 0 Å². The van der Waals surface area contributed by atoms with Gasteiger partial charge in [0, 0.05) is 0 Å². The second kappa shape index (κ2) is 16.2. The molecule has 3 nitrogen and oxygen atoms in total. The number of aliphatic hydroxyl groups is 3. The van der Waals surface area contributed by atoms with Gasteiger partial charge in [0.05, 0.1) is 12.2 Å². The molecule has 3 N–H and O–H groups in total. The third-order valence-electron chi connectivity index (χ3n) is 8.45. The van der Waals surface area contributed by atoms with Gasteiger partial charge >= 0.3 is 0 Å². The van der Waals surface area contributed by atoms with Crippen molar-refractivity contribution in [3.8, 4) is 0 Å². The lowest BCUT2D eigenvalue weighted by Crippen LogP contribution is -2.38. The molecule has 3 heteroatoms. The van der Waals surface area contributed by atoms with Crippen LogP contribution in [0, 0.1) is 10.8 Å². The van der Waals surface area contributed by atoms with Crippen molar-refractivity contribution in [3.63, 3.8) is 0 Å². The third-order valence-corrected chi connectivity index (χ3v) is 8.45. The summed E-state index contributed by atoms with van der Waals surface area (Å²) in [6, 6.07) is 0. The number of allylic oxidation sites excluding steroid dienone is 20. The van der Waals surface area contributed by atoms with Gasteiger partial charge in [-0.05, 0) is 88.4 Å². The lowest BCUT2D eigenvalue weighted by molar-refractivity contribution is 0.00686. The van der Waals surface area contributed by atoms with Crippen LogP contribution in [0.2, 0.25) is 0 Å². The first kappa shape index (κ1) is 36.2. The summed E-state index contributed by atoms with van der Waals surface area (Å²) in [6.45, 7) is 21.0. The van der Waals surface area contributed by atoms with E-state index in [1.165, 1.54) is 22.3 Å². The summed E-state index contributed by atoms with van der Waals surface area (Å²) in [7, 11) is 0. The Balaban J connectivity index is 1.92. The molecule has 234 valence electrons. The standard InChI is InChI=1S/C40H56O3/c1-28(17-13-19-30(3)21-23-35-32(5)25-34(41)26-39(35,7)8)15-11-12-16-29(2)18-14-20-31(4)22-24-36-33(6)38(43)37(42)27-40(36,9)10/h11-24,34,37-38,41-43H,25-27H2,1-10H3/b12-11+,17-13+,18-14+,23-21+,24-22+,28-15+,29-16+,30-19+,31-20+/t34-,37+,38+/m1/s1. The number of hydrogen-bond donors (Lipinski definition) is 3. The Hall–Kier alpha value is -2.98. The van der Waals surface area contributed by atoms with Crippen LogP contribution in [-0.4, -0.2) is 33.6 Å². The van der Waals surface area contributed by atoms with E-state index in [1.807, 2.05) is 6.92 Å². The molecule has 2 aliphatic carbocycles. The maximum atomic E-state index is 10.3. The van der Waals surface area contributed by atoms with Gasteiger partial charge in [-0.25, -0.2) is 0 Å². The van der Waals surface area contributed by atoms with Gasteiger partial charge in [-0.1, -0.05) is 141 Å². The maximum absolute atomic E-state index is 10.3. The van der Waals surface area contributed by atoms with E-state index in [-0.39, 0.29) is 16.9 Å². The van der Waals surface area contributed by atoms with Crippen LogP contribution in [0.4, 0.5) is 0 Å². The molecule has 0 aromatic rings. The molecule has 0 fully saturated rings. The van der Waals surface area contributed by atoms with Gasteiger partial charge in [-0.15, -0.1) is 0 Å². The van der Waals surface area contributed by atoms with Crippen molar-refractivity contribution < 1.29 is 15.3 Å². The molecule has 0 radical (unpaired) electrons. The van der Waals surface area contributed by atoms with Gasteiger partial charge in [-0.3, -0.25) is 0 Å². The summed E-state index contributed by atoms with van der Waals surface area (Å²) in [5, 5.41) is 30.5. The summed E-state index contributed by atoms with van der Waals surface area (Å²) in [4.78, 5) is 0. The fourth-order valence-electron chi connectivity index (χ4n) is 6.03. The highest BCUT2D eigenvalue weighted by Gasteiger charge is 2.36. The predicted molar refractivity (Wildman–Crippen MR) is 186 cm³/mol. The summed E-state index contributed by atoms with van der Waals surface area (Å²) < 4.78 is 0. The topological polar surface area (TPSA) is 60.7 Å². The Morgan fingerprint density at radius 1 is 0.605 bits per heavy atom. The molecule has 0 unspecified atom stereocenters. The fourth-order valence-corrected chi connectivity index (χ4v) is 6.03. The van der Waals surface area contributed by atoms with Crippen LogP contribution in [0.15, 0.2) is 130 Å². The largest absolute Gasteiger partial charge is 0.393 e. The summed E-state index contributed by atoms with van der Waals surface area (Å²) in [5.74, 6) is 0. The van der Waals surface area contributed by atoms with Crippen molar-refractivity contribution in [1.82, 2.24) is 0 Å². The van der Waals surface area contributed by atoms with Crippen LogP contribution in [-0.2, 0) is 0 Å². The molecular weight excluding hydrogens is 528 g/mol. The van der Waals surface area contributed by atoms with E-state index in [2.05, 4.69) is 147 Å². The minimum Gasteiger partial charge on any atom is -0.393 e. The van der Waals surface area contributed by atoms with Crippen LogP contribution in [0.25, 0.3) is 0 Å². The molecule has 0 bridgehead atoms. The van der Waals surface area contributed by atoms with Crippen molar-refractivity contribution in [2.24, 2.45) is 10.8 Å². The van der Waals surface area contributed by atoms with Gasteiger partial charge in [0.25, 0.3) is 0 Å². The van der Waals surface area contributed by atoms with E-state index in [4.69, 9.17) is 0 Å². The van der Waals surface area contributed by atoms with Gasteiger partial charge in [0.15, 0.2) is 0 Å². The molecule has 0 aliphatic heterocycles. The lowest BCUT2D eigenvalue weighted by atomic mass is 9.70. The highest BCUT2D eigenvalue weighted by molar-refractivity contribution is 5.40.